The van der Waals surface area contributed by atoms with Crippen LogP contribution >= 0.6 is 0 Å². The molecule has 0 spiro atoms. The largest absolute Gasteiger partial charge is 0.295 e. The standard InChI is InChI=1S/C33H64O/c1-3-5-7-9-11-13-15-17-18-20-22-24-26-28-30-32-33(34)31-29-27-25-23-21-19-16-14-12-10-8-6-4-2/h30,32H,3-29,31H2,1-2H3. The van der Waals surface area contributed by atoms with Gasteiger partial charge < -0.3 is 0 Å². The first-order valence-electron chi connectivity index (χ1n) is 16.0. The summed E-state index contributed by atoms with van der Waals surface area (Å²) in [5, 5.41) is 0. The van der Waals surface area contributed by atoms with Crippen LogP contribution in [0.5, 0.6) is 0 Å². The average Bonchev–Trinajstić information content (AvgIpc) is 2.84. The van der Waals surface area contributed by atoms with Gasteiger partial charge in [-0.05, 0) is 25.3 Å². The molecule has 0 aliphatic heterocycles. The number of unbranched alkanes of at least 4 members (excludes halogenated alkanes) is 25. The molecule has 0 aliphatic rings. The number of allylic oxidation sites excluding steroid dienone is 2. The number of carbonyl (C=O) groups excluding carboxylic acids is 1. The summed E-state index contributed by atoms with van der Waals surface area (Å²) in [6.45, 7) is 4.57. The minimum atomic E-state index is 0.345. The van der Waals surface area contributed by atoms with Crippen LogP contribution in [0.2, 0.25) is 0 Å². The Kier molecular flexibility index (Phi) is 29.9. The number of hydrogen-bond acceptors (Lipinski definition) is 1. The topological polar surface area (TPSA) is 17.1 Å². The highest BCUT2D eigenvalue weighted by Gasteiger charge is 1.98. The SMILES string of the molecule is CCCCCCCCCCCCCCCC=CC(=O)CCCCCCCCCCCCCCC. The minimum absolute atomic E-state index is 0.345. The van der Waals surface area contributed by atoms with Crippen molar-refractivity contribution in [3.8, 4) is 0 Å². The summed E-state index contributed by atoms with van der Waals surface area (Å²) < 4.78 is 0. The van der Waals surface area contributed by atoms with E-state index in [9.17, 15) is 4.79 Å². The second kappa shape index (κ2) is 30.4. The summed E-state index contributed by atoms with van der Waals surface area (Å²) >= 11 is 0. The Morgan fingerprint density at radius 3 is 1.06 bits per heavy atom. The first-order valence-corrected chi connectivity index (χ1v) is 16.0. The highest BCUT2D eigenvalue weighted by Crippen LogP contribution is 2.14. The van der Waals surface area contributed by atoms with Crippen LogP contribution < -0.4 is 0 Å². The Hall–Kier alpha value is -0.590. The zero-order chi connectivity index (χ0) is 24.8. The van der Waals surface area contributed by atoms with Crippen LogP contribution in [0.4, 0.5) is 0 Å². The first-order chi connectivity index (χ1) is 16.8. The molecule has 0 heterocycles. The molecule has 0 aromatic rings. The molecule has 1 nitrogen and oxygen atoms in total. The molecule has 0 aromatic carbocycles. The molecule has 0 aliphatic carbocycles. The molecular weight excluding hydrogens is 412 g/mol. The summed E-state index contributed by atoms with van der Waals surface area (Å²) in [5.74, 6) is 0.345. The van der Waals surface area contributed by atoms with E-state index in [1.165, 1.54) is 161 Å². The predicted molar refractivity (Wildman–Crippen MR) is 155 cm³/mol. The molecule has 34 heavy (non-hydrogen) atoms. The molecule has 0 bridgehead atoms. The van der Waals surface area contributed by atoms with Crippen molar-refractivity contribution < 1.29 is 4.79 Å². The fourth-order valence-electron chi connectivity index (χ4n) is 4.90. The molecule has 1 heteroatoms. The van der Waals surface area contributed by atoms with Crippen molar-refractivity contribution in [1.29, 1.82) is 0 Å². The van der Waals surface area contributed by atoms with Crippen LogP contribution in [-0.2, 0) is 4.79 Å². The maximum absolute atomic E-state index is 12.0. The maximum atomic E-state index is 12.0. The van der Waals surface area contributed by atoms with Crippen LogP contribution in [0.15, 0.2) is 12.2 Å². The van der Waals surface area contributed by atoms with Gasteiger partial charge in [-0.25, -0.2) is 0 Å². The quantitative estimate of drug-likeness (QED) is 0.0774. The van der Waals surface area contributed by atoms with Gasteiger partial charge in [0.2, 0.25) is 0 Å². The van der Waals surface area contributed by atoms with Gasteiger partial charge in [-0.3, -0.25) is 4.79 Å². The van der Waals surface area contributed by atoms with Crippen molar-refractivity contribution >= 4 is 5.78 Å². The van der Waals surface area contributed by atoms with E-state index in [2.05, 4.69) is 19.9 Å². The summed E-state index contributed by atoms with van der Waals surface area (Å²) in [6.07, 6.45) is 41.8. The third-order valence-corrected chi connectivity index (χ3v) is 7.30. The molecule has 0 amide bonds. The molecule has 202 valence electrons. The van der Waals surface area contributed by atoms with Gasteiger partial charge in [-0.2, -0.15) is 0 Å². The molecule has 0 N–H and O–H groups in total. The molecule has 0 aromatic heterocycles. The van der Waals surface area contributed by atoms with E-state index < -0.39 is 0 Å². The molecular formula is C33H64O. The van der Waals surface area contributed by atoms with E-state index in [0.717, 1.165) is 19.3 Å². The maximum Gasteiger partial charge on any atom is 0.155 e. The number of carbonyl (C=O) groups is 1. The zero-order valence-corrected chi connectivity index (χ0v) is 23.9. The fourth-order valence-corrected chi connectivity index (χ4v) is 4.90. The van der Waals surface area contributed by atoms with Crippen molar-refractivity contribution in [3.63, 3.8) is 0 Å². The van der Waals surface area contributed by atoms with Gasteiger partial charge in [0.15, 0.2) is 5.78 Å². The molecule has 0 radical (unpaired) electrons. The third-order valence-electron chi connectivity index (χ3n) is 7.30. The normalized spacial score (nSPS) is 11.6. The monoisotopic (exact) mass is 476 g/mol. The van der Waals surface area contributed by atoms with Gasteiger partial charge in [-0.1, -0.05) is 174 Å². The van der Waals surface area contributed by atoms with E-state index in [1.54, 1.807) is 0 Å². The van der Waals surface area contributed by atoms with Crippen LogP contribution in [0.25, 0.3) is 0 Å². The van der Waals surface area contributed by atoms with Crippen molar-refractivity contribution in [2.75, 3.05) is 0 Å². The Morgan fingerprint density at radius 2 is 0.706 bits per heavy atom. The van der Waals surface area contributed by atoms with E-state index in [4.69, 9.17) is 0 Å². The zero-order valence-electron chi connectivity index (χ0n) is 23.9. The van der Waals surface area contributed by atoms with Crippen LogP contribution in [0.1, 0.15) is 194 Å². The van der Waals surface area contributed by atoms with E-state index in [1.807, 2.05) is 6.08 Å². The van der Waals surface area contributed by atoms with Crippen molar-refractivity contribution in [2.24, 2.45) is 0 Å². The van der Waals surface area contributed by atoms with E-state index in [0.29, 0.717) is 5.78 Å². The lowest BCUT2D eigenvalue weighted by Gasteiger charge is -2.03. The average molecular weight is 477 g/mol. The number of hydrogen-bond donors (Lipinski definition) is 0. The van der Waals surface area contributed by atoms with Gasteiger partial charge in [0, 0.05) is 6.42 Å². The van der Waals surface area contributed by atoms with Crippen LogP contribution in [0.3, 0.4) is 0 Å². The lowest BCUT2D eigenvalue weighted by Crippen LogP contribution is -1.92. The minimum Gasteiger partial charge on any atom is -0.295 e. The van der Waals surface area contributed by atoms with Crippen molar-refractivity contribution in [2.45, 2.75) is 194 Å². The summed E-state index contributed by atoms with van der Waals surface area (Å²) in [7, 11) is 0. The van der Waals surface area contributed by atoms with Crippen molar-refractivity contribution in [1.82, 2.24) is 0 Å². The lowest BCUT2D eigenvalue weighted by atomic mass is 10.0. The van der Waals surface area contributed by atoms with E-state index >= 15 is 0 Å². The highest BCUT2D eigenvalue weighted by atomic mass is 16.1. The first kappa shape index (κ1) is 33.4. The molecule has 0 fully saturated rings. The van der Waals surface area contributed by atoms with Gasteiger partial charge >= 0.3 is 0 Å². The Morgan fingerprint density at radius 1 is 0.412 bits per heavy atom. The fraction of sp³-hybridized carbons (Fsp3) is 0.909. The summed E-state index contributed by atoms with van der Waals surface area (Å²) in [6, 6.07) is 0. The predicted octanol–water partition coefficient (Wildman–Crippen LogP) is 12.1. The Balaban J connectivity index is 3.22. The second-order valence-electron chi connectivity index (χ2n) is 10.9. The third kappa shape index (κ3) is 29.4. The summed E-state index contributed by atoms with van der Waals surface area (Å²) in [5.41, 5.74) is 0. The van der Waals surface area contributed by atoms with E-state index in [-0.39, 0.29) is 0 Å². The number of ketones is 1. The molecule has 0 saturated carbocycles. The summed E-state index contributed by atoms with van der Waals surface area (Å²) in [4.78, 5) is 12.0. The Bertz CT molecular complexity index is 411. The lowest BCUT2D eigenvalue weighted by molar-refractivity contribution is -0.114. The van der Waals surface area contributed by atoms with Crippen LogP contribution in [-0.4, -0.2) is 5.78 Å². The molecule has 0 atom stereocenters. The highest BCUT2D eigenvalue weighted by molar-refractivity contribution is 5.89. The Labute approximate surface area is 216 Å². The van der Waals surface area contributed by atoms with Gasteiger partial charge in [-0.15, -0.1) is 0 Å². The molecule has 0 unspecified atom stereocenters. The van der Waals surface area contributed by atoms with Gasteiger partial charge in [0.1, 0.15) is 0 Å². The van der Waals surface area contributed by atoms with Crippen LogP contribution in [0, 0.1) is 0 Å². The number of rotatable bonds is 29. The molecule has 0 saturated heterocycles. The van der Waals surface area contributed by atoms with Gasteiger partial charge in [0.25, 0.3) is 0 Å². The second-order valence-corrected chi connectivity index (χ2v) is 10.9. The smallest absolute Gasteiger partial charge is 0.155 e. The van der Waals surface area contributed by atoms with Gasteiger partial charge in [0.05, 0.1) is 0 Å². The van der Waals surface area contributed by atoms with Crippen molar-refractivity contribution in [3.05, 3.63) is 12.2 Å². The molecule has 0 rings (SSSR count).